The summed E-state index contributed by atoms with van der Waals surface area (Å²) < 4.78 is 0. The van der Waals surface area contributed by atoms with Crippen molar-refractivity contribution in [2.45, 2.75) is 25.7 Å². The molecule has 8 nitrogen and oxygen atoms in total. The monoisotopic (exact) mass is 453 g/mol. The molecule has 4 N–H and O–H groups in total. The lowest BCUT2D eigenvalue weighted by molar-refractivity contribution is 0.102. The number of anilines is 3. The predicted octanol–water partition coefficient (Wildman–Crippen LogP) is 4.70. The first-order valence-corrected chi connectivity index (χ1v) is 11.2. The summed E-state index contributed by atoms with van der Waals surface area (Å²) in [6.45, 7) is 0. The molecule has 0 spiro atoms. The number of hydrogen-bond donors (Lipinski definition) is 4. The zero-order valence-electron chi connectivity index (χ0n) is 18.4. The van der Waals surface area contributed by atoms with Gasteiger partial charge in [-0.05, 0) is 67.1 Å². The molecule has 0 unspecified atom stereocenters. The maximum absolute atomic E-state index is 12.9. The molecule has 3 amide bonds. The fourth-order valence-electron chi connectivity index (χ4n) is 4.34. The number of H-pyrrole nitrogens is 1. The number of hydrogen-bond acceptors (Lipinski definition) is 4. The Morgan fingerprint density at radius 2 is 1.53 bits per heavy atom. The summed E-state index contributed by atoms with van der Waals surface area (Å²) in [7, 11) is 0. The van der Waals surface area contributed by atoms with Crippen LogP contribution >= 0.6 is 0 Å². The standard InChI is InChI=1S/C26H23N5O3/c32-24-21-13-4-3-12-20(21)23(30-31-24)25(33)27-17-9-6-10-18(15-17)28-26(34)29-22-14-5-8-16-7-1-2-11-19(16)22/h3-6,8-10,12-15H,1-2,7,11H2,(H,27,33)(H,31,32)(H2,28,29,34). The average Bonchev–Trinajstić information content (AvgIpc) is 2.85. The fourth-order valence-corrected chi connectivity index (χ4v) is 4.34. The SMILES string of the molecule is O=C(Nc1cccc(NC(=O)c2n[nH]c(=O)c3ccccc23)c1)Nc1cccc2c1CCCC2. The lowest BCUT2D eigenvalue weighted by Gasteiger charge is -2.19. The van der Waals surface area contributed by atoms with Crippen LogP contribution < -0.4 is 21.5 Å². The van der Waals surface area contributed by atoms with Gasteiger partial charge in [0, 0.05) is 22.4 Å². The third-order valence-corrected chi connectivity index (χ3v) is 5.93. The Morgan fingerprint density at radius 1 is 0.794 bits per heavy atom. The van der Waals surface area contributed by atoms with Gasteiger partial charge in [-0.1, -0.05) is 36.4 Å². The summed E-state index contributed by atoms with van der Waals surface area (Å²) in [6.07, 6.45) is 4.29. The minimum Gasteiger partial charge on any atom is -0.321 e. The van der Waals surface area contributed by atoms with E-state index in [-0.39, 0.29) is 17.3 Å². The second kappa shape index (κ2) is 9.19. The third-order valence-electron chi connectivity index (χ3n) is 5.93. The van der Waals surface area contributed by atoms with Crippen LogP contribution in [0, 0.1) is 0 Å². The highest BCUT2D eigenvalue weighted by atomic mass is 16.2. The van der Waals surface area contributed by atoms with Gasteiger partial charge < -0.3 is 16.0 Å². The van der Waals surface area contributed by atoms with Gasteiger partial charge in [0.15, 0.2) is 5.69 Å². The quantitative estimate of drug-likeness (QED) is 0.358. The highest BCUT2D eigenvalue weighted by Gasteiger charge is 2.16. The van der Waals surface area contributed by atoms with E-state index >= 15 is 0 Å². The Hall–Kier alpha value is -4.46. The van der Waals surface area contributed by atoms with Gasteiger partial charge in [0.25, 0.3) is 11.5 Å². The summed E-state index contributed by atoms with van der Waals surface area (Å²) in [5.41, 5.74) is 4.08. The lowest BCUT2D eigenvalue weighted by atomic mass is 9.90. The maximum atomic E-state index is 12.9. The number of aryl methyl sites for hydroxylation is 1. The molecular weight excluding hydrogens is 430 g/mol. The van der Waals surface area contributed by atoms with E-state index < -0.39 is 5.91 Å². The predicted molar refractivity (Wildman–Crippen MR) is 132 cm³/mol. The number of benzene rings is 3. The van der Waals surface area contributed by atoms with Gasteiger partial charge in [-0.15, -0.1) is 0 Å². The molecule has 3 aromatic carbocycles. The molecule has 0 atom stereocenters. The molecule has 0 bridgehead atoms. The third kappa shape index (κ3) is 4.38. The molecular formula is C26H23N5O3. The van der Waals surface area contributed by atoms with E-state index in [9.17, 15) is 14.4 Å². The molecule has 0 saturated carbocycles. The number of rotatable bonds is 4. The Labute approximate surface area is 195 Å². The Balaban J connectivity index is 1.30. The minimum absolute atomic E-state index is 0.111. The second-order valence-corrected chi connectivity index (χ2v) is 8.21. The summed E-state index contributed by atoms with van der Waals surface area (Å²) in [5.74, 6) is -0.468. The van der Waals surface area contributed by atoms with Gasteiger partial charge in [0.2, 0.25) is 0 Å². The maximum Gasteiger partial charge on any atom is 0.323 e. The first kappa shape index (κ1) is 21.4. The van der Waals surface area contributed by atoms with Crippen molar-refractivity contribution in [1.82, 2.24) is 10.2 Å². The number of nitrogens with zero attached hydrogens (tertiary/aromatic N) is 1. The van der Waals surface area contributed by atoms with E-state index in [1.54, 1.807) is 48.5 Å². The summed E-state index contributed by atoms with van der Waals surface area (Å²) in [6, 6.07) is 19.3. The number of nitrogens with one attached hydrogen (secondary N) is 4. The zero-order valence-corrected chi connectivity index (χ0v) is 18.4. The molecule has 5 rings (SSSR count). The van der Waals surface area contributed by atoms with Gasteiger partial charge in [0.1, 0.15) is 0 Å². The largest absolute Gasteiger partial charge is 0.323 e. The molecule has 0 radical (unpaired) electrons. The van der Waals surface area contributed by atoms with Crippen LogP contribution in [-0.4, -0.2) is 22.1 Å². The first-order chi connectivity index (χ1) is 16.6. The van der Waals surface area contributed by atoms with E-state index in [2.05, 4.69) is 32.2 Å². The van der Waals surface area contributed by atoms with Crippen molar-refractivity contribution in [3.8, 4) is 0 Å². The van der Waals surface area contributed by atoms with E-state index in [0.717, 1.165) is 24.9 Å². The van der Waals surface area contributed by atoms with Crippen molar-refractivity contribution in [3.05, 3.63) is 93.9 Å². The minimum atomic E-state index is -0.468. The number of fused-ring (bicyclic) bond motifs is 2. The number of aromatic amines is 1. The number of urea groups is 1. The molecule has 0 saturated heterocycles. The van der Waals surface area contributed by atoms with Crippen LogP contribution in [0.25, 0.3) is 10.8 Å². The molecule has 1 heterocycles. The van der Waals surface area contributed by atoms with Crippen LogP contribution in [0.15, 0.2) is 71.5 Å². The highest BCUT2D eigenvalue weighted by molar-refractivity contribution is 6.11. The van der Waals surface area contributed by atoms with Crippen LogP contribution in [-0.2, 0) is 12.8 Å². The van der Waals surface area contributed by atoms with Gasteiger partial charge in [0.05, 0.1) is 5.39 Å². The second-order valence-electron chi connectivity index (χ2n) is 8.21. The number of carbonyl (C=O) groups is 2. The molecule has 1 aliphatic rings. The molecule has 34 heavy (non-hydrogen) atoms. The van der Waals surface area contributed by atoms with E-state index in [1.807, 2.05) is 12.1 Å². The number of amides is 3. The highest BCUT2D eigenvalue weighted by Crippen LogP contribution is 2.28. The van der Waals surface area contributed by atoms with Crippen LogP contribution in [0.1, 0.15) is 34.5 Å². The van der Waals surface area contributed by atoms with Crippen molar-refractivity contribution >= 4 is 39.8 Å². The molecule has 1 aliphatic carbocycles. The van der Waals surface area contributed by atoms with Gasteiger partial charge in [-0.3, -0.25) is 9.59 Å². The fraction of sp³-hybridized carbons (Fsp3) is 0.154. The summed E-state index contributed by atoms with van der Waals surface area (Å²) in [5, 5.41) is 15.7. The smallest absolute Gasteiger partial charge is 0.321 e. The van der Waals surface area contributed by atoms with Crippen LogP contribution in [0.2, 0.25) is 0 Å². The molecule has 1 aromatic heterocycles. The van der Waals surface area contributed by atoms with Crippen molar-refractivity contribution in [2.75, 3.05) is 16.0 Å². The number of carbonyl (C=O) groups excluding carboxylic acids is 2. The van der Waals surface area contributed by atoms with Crippen LogP contribution in [0.5, 0.6) is 0 Å². The zero-order chi connectivity index (χ0) is 23.5. The normalized spacial score (nSPS) is 12.6. The molecule has 0 aliphatic heterocycles. The Bertz CT molecular complexity index is 1460. The van der Waals surface area contributed by atoms with Crippen molar-refractivity contribution in [1.29, 1.82) is 0 Å². The molecule has 170 valence electrons. The summed E-state index contributed by atoms with van der Waals surface area (Å²) in [4.78, 5) is 37.5. The molecule has 8 heteroatoms. The van der Waals surface area contributed by atoms with Gasteiger partial charge in [-0.2, -0.15) is 5.10 Å². The Morgan fingerprint density at radius 3 is 2.38 bits per heavy atom. The topological polar surface area (TPSA) is 116 Å². The molecule has 4 aromatic rings. The number of aromatic nitrogens is 2. The van der Waals surface area contributed by atoms with Gasteiger partial charge in [-0.25, -0.2) is 9.89 Å². The summed E-state index contributed by atoms with van der Waals surface area (Å²) >= 11 is 0. The average molecular weight is 454 g/mol. The van der Waals surface area contributed by atoms with Crippen LogP contribution in [0.4, 0.5) is 21.9 Å². The van der Waals surface area contributed by atoms with E-state index in [1.165, 1.54) is 17.5 Å². The van der Waals surface area contributed by atoms with Gasteiger partial charge >= 0.3 is 6.03 Å². The Kier molecular flexibility index (Phi) is 5.78. The molecule has 0 fully saturated rings. The van der Waals surface area contributed by atoms with E-state index in [4.69, 9.17) is 0 Å². The van der Waals surface area contributed by atoms with Crippen molar-refractivity contribution in [2.24, 2.45) is 0 Å². The first-order valence-electron chi connectivity index (χ1n) is 11.2. The van der Waals surface area contributed by atoms with Crippen molar-refractivity contribution < 1.29 is 9.59 Å². The van der Waals surface area contributed by atoms with E-state index in [0.29, 0.717) is 22.1 Å². The lowest BCUT2D eigenvalue weighted by Crippen LogP contribution is -2.21. The van der Waals surface area contributed by atoms with Crippen LogP contribution in [0.3, 0.4) is 0 Å². The van der Waals surface area contributed by atoms with Crippen molar-refractivity contribution in [3.63, 3.8) is 0 Å².